The van der Waals surface area contributed by atoms with Crippen LogP contribution in [-0.2, 0) is 6.42 Å². The lowest BCUT2D eigenvalue weighted by molar-refractivity contribution is 0.199. The largest absolute Gasteiger partial charge is 0.329 e. The first kappa shape index (κ1) is 16.2. The van der Waals surface area contributed by atoms with Gasteiger partial charge in [0, 0.05) is 19.1 Å². The monoisotopic (exact) mass is 262 g/mol. The molecule has 108 valence electrons. The number of hydrogen-bond acceptors (Lipinski definition) is 2. The fraction of sp³-hybridized carbons (Fsp3) is 0.647. The van der Waals surface area contributed by atoms with E-state index in [-0.39, 0.29) is 0 Å². The molecule has 0 aromatic heterocycles. The number of rotatable bonds is 6. The summed E-state index contributed by atoms with van der Waals surface area (Å²) >= 11 is 0. The molecule has 0 radical (unpaired) electrons. The van der Waals surface area contributed by atoms with Crippen molar-refractivity contribution >= 4 is 0 Å². The molecule has 2 heteroatoms. The molecule has 0 aliphatic carbocycles. The van der Waals surface area contributed by atoms with Crippen molar-refractivity contribution < 1.29 is 0 Å². The molecule has 0 aliphatic rings. The SMILES string of the molecule is Cc1cc(C)c(CCN(C)C(CN)C(C)C)cc1C. The van der Waals surface area contributed by atoms with E-state index in [1.165, 1.54) is 22.3 Å². The van der Waals surface area contributed by atoms with Gasteiger partial charge in [-0.15, -0.1) is 0 Å². The molecule has 0 amide bonds. The van der Waals surface area contributed by atoms with Gasteiger partial charge >= 0.3 is 0 Å². The van der Waals surface area contributed by atoms with E-state index >= 15 is 0 Å². The highest BCUT2D eigenvalue weighted by Crippen LogP contribution is 2.17. The number of aryl methyl sites for hydroxylation is 3. The third-order valence-corrected chi connectivity index (χ3v) is 4.26. The van der Waals surface area contributed by atoms with Crippen molar-refractivity contribution in [1.29, 1.82) is 0 Å². The van der Waals surface area contributed by atoms with Crippen LogP contribution < -0.4 is 5.73 Å². The van der Waals surface area contributed by atoms with Crippen LogP contribution in [-0.4, -0.2) is 31.1 Å². The molecule has 2 N–H and O–H groups in total. The van der Waals surface area contributed by atoms with Crippen LogP contribution in [0.25, 0.3) is 0 Å². The van der Waals surface area contributed by atoms with E-state index in [2.05, 4.69) is 58.7 Å². The molecule has 1 unspecified atom stereocenters. The minimum absolute atomic E-state index is 0.479. The number of likely N-dealkylation sites (N-methyl/N-ethyl adjacent to an activating group) is 1. The van der Waals surface area contributed by atoms with E-state index in [4.69, 9.17) is 5.73 Å². The fourth-order valence-electron chi connectivity index (χ4n) is 2.71. The minimum Gasteiger partial charge on any atom is -0.329 e. The molecule has 19 heavy (non-hydrogen) atoms. The Hall–Kier alpha value is -0.860. The molecule has 0 saturated heterocycles. The van der Waals surface area contributed by atoms with E-state index in [1.54, 1.807) is 0 Å². The molecule has 0 bridgehead atoms. The maximum absolute atomic E-state index is 5.88. The molecule has 1 atom stereocenters. The van der Waals surface area contributed by atoms with E-state index in [0.29, 0.717) is 12.0 Å². The molecule has 1 aromatic rings. The molecular weight excluding hydrogens is 232 g/mol. The van der Waals surface area contributed by atoms with Crippen LogP contribution in [0.4, 0.5) is 0 Å². The van der Waals surface area contributed by atoms with Crippen molar-refractivity contribution in [3.8, 4) is 0 Å². The maximum atomic E-state index is 5.88. The van der Waals surface area contributed by atoms with Crippen LogP contribution in [0.5, 0.6) is 0 Å². The number of benzene rings is 1. The predicted molar refractivity (Wildman–Crippen MR) is 84.7 cm³/mol. The van der Waals surface area contributed by atoms with Gasteiger partial charge in [0.15, 0.2) is 0 Å². The quantitative estimate of drug-likeness (QED) is 0.853. The summed E-state index contributed by atoms with van der Waals surface area (Å²) in [6.45, 7) is 12.9. The zero-order valence-corrected chi connectivity index (χ0v) is 13.5. The lowest BCUT2D eigenvalue weighted by Gasteiger charge is -2.30. The Morgan fingerprint density at radius 1 is 1.05 bits per heavy atom. The van der Waals surface area contributed by atoms with Crippen molar-refractivity contribution in [3.05, 3.63) is 34.4 Å². The van der Waals surface area contributed by atoms with E-state index in [1.807, 2.05) is 0 Å². The lowest BCUT2D eigenvalue weighted by atomic mass is 9.98. The third-order valence-electron chi connectivity index (χ3n) is 4.26. The standard InChI is InChI=1S/C17H30N2/c1-12(2)17(11-18)19(6)8-7-16-10-14(4)13(3)9-15(16)5/h9-10,12,17H,7-8,11,18H2,1-6H3. The van der Waals surface area contributed by atoms with Crippen molar-refractivity contribution in [2.24, 2.45) is 11.7 Å². The van der Waals surface area contributed by atoms with Gasteiger partial charge in [0.05, 0.1) is 0 Å². The van der Waals surface area contributed by atoms with Gasteiger partial charge in [0.2, 0.25) is 0 Å². The Balaban J connectivity index is 2.69. The van der Waals surface area contributed by atoms with Crippen molar-refractivity contribution in [2.45, 2.75) is 47.1 Å². The van der Waals surface area contributed by atoms with Gasteiger partial charge in [-0.25, -0.2) is 0 Å². The van der Waals surface area contributed by atoms with E-state index < -0.39 is 0 Å². The van der Waals surface area contributed by atoms with Crippen LogP contribution in [0, 0.1) is 26.7 Å². The topological polar surface area (TPSA) is 29.3 Å². The normalized spacial score (nSPS) is 13.3. The zero-order valence-electron chi connectivity index (χ0n) is 13.5. The molecule has 0 spiro atoms. The highest BCUT2D eigenvalue weighted by Gasteiger charge is 2.16. The molecule has 0 aliphatic heterocycles. The summed E-state index contributed by atoms with van der Waals surface area (Å²) < 4.78 is 0. The first-order chi connectivity index (χ1) is 8.86. The Morgan fingerprint density at radius 2 is 1.63 bits per heavy atom. The van der Waals surface area contributed by atoms with E-state index in [9.17, 15) is 0 Å². The predicted octanol–water partition coefficient (Wildman–Crippen LogP) is 3.07. The van der Waals surface area contributed by atoms with Crippen LogP contribution >= 0.6 is 0 Å². The third kappa shape index (κ3) is 4.32. The molecule has 0 saturated carbocycles. The van der Waals surface area contributed by atoms with Gasteiger partial charge < -0.3 is 10.6 Å². The zero-order chi connectivity index (χ0) is 14.6. The van der Waals surface area contributed by atoms with Crippen LogP contribution in [0.2, 0.25) is 0 Å². The van der Waals surface area contributed by atoms with Crippen molar-refractivity contribution in [3.63, 3.8) is 0 Å². The molecule has 0 heterocycles. The van der Waals surface area contributed by atoms with Gasteiger partial charge in [-0.1, -0.05) is 26.0 Å². The molecule has 1 rings (SSSR count). The summed E-state index contributed by atoms with van der Waals surface area (Å²) in [5.41, 5.74) is 11.5. The summed E-state index contributed by atoms with van der Waals surface area (Å²) in [4.78, 5) is 2.40. The van der Waals surface area contributed by atoms with Crippen LogP contribution in [0.1, 0.15) is 36.1 Å². The number of hydrogen-bond donors (Lipinski definition) is 1. The average Bonchev–Trinajstić information content (AvgIpc) is 2.32. The summed E-state index contributed by atoms with van der Waals surface area (Å²) in [5, 5.41) is 0. The van der Waals surface area contributed by atoms with Crippen molar-refractivity contribution in [1.82, 2.24) is 4.90 Å². The van der Waals surface area contributed by atoms with Gasteiger partial charge in [-0.3, -0.25) is 0 Å². The second-order valence-corrected chi connectivity index (χ2v) is 6.14. The highest BCUT2D eigenvalue weighted by molar-refractivity contribution is 5.36. The fourth-order valence-corrected chi connectivity index (χ4v) is 2.71. The van der Waals surface area contributed by atoms with Gasteiger partial charge in [0.1, 0.15) is 0 Å². The minimum atomic E-state index is 0.479. The Morgan fingerprint density at radius 3 is 2.16 bits per heavy atom. The molecule has 0 fully saturated rings. The molecular formula is C17H30N2. The number of nitrogens with zero attached hydrogens (tertiary/aromatic N) is 1. The summed E-state index contributed by atoms with van der Waals surface area (Å²) in [5.74, 6) is 0.607. The average molecular weight is 262 g/mol. The second-order valence-electron chi connectivity index (χ2n) is 6.14. The van der Waals surface area contributed by atoms with E-state index in [0.717, 1.165) is 19.5 Å². The van der Waals surface area contributed by atoms with Crippen LogP contribution in [0.3, 0.4) is 0 Å². The van der Waals surface area contributed by atoms with Crippen LogP contribution in [0.15, 0.2) is 12.1 Å². The van der Waals surface area contributed by atoms with Gasteiger partial charge in [0.25, 0.3) is 0 Å². The first-order valence-corrected chi connectivity index (χ1v) is 7.33. The molecule has 1 aromatic carbocycles. The highest BCUT2D eigenvalue weighted by atomic mass is 15.1. The lowest BCUT2D eigenvalue weighted by Crippen LogP contribution is -2.42. The Bertz CT molecular complexity index is 410. The van der Waals surface area contributed by atoms with Crippen molar-refractivity contribution in [2.75, 3.05) is 20.1 Å². The number of nitrogens with two attached hydrogens (primary N) is 1. The van der Waals surface area contributed by atoms with Gasteiger partial charge in [-0.05, 0) is 62.4 Å². The maximum Gasteiger partial charge on any atom is 0.0238 e. The summed E-state index contributed by atoms with van der Waals surface area (Å²) in [7, 11) is 2.19. The summed E-state index contributed by atoms with van der Waals surface area (Å²) in [6.07, 6.45) is 1.10. The Labute approximate surface area is 119 Å². The Kier molecular flexibility index (Phi) is 6.02. The van der Waals surface area contributed by atoms with Gasteiger partial charge in [-0.2, -0.15) is 0 Å². The second kappa shape index (κ2) is 7.06. The first-order valence-electron chi connectivity index (χ1n) is 7.33. The smallest absolute Gasteiger partial charge is 0.0238 e. The molecule has 2 nitrogen and oxygen atoms in total. The summed E-state index contributed by atoms with van der Waals surface area (Å²) in [6, 6.07) is 5.12.